The van der Waals surface area contributed by atoms with Gasteiger partial charge in [-0.3, -0.25) is 0 Å². The first-order valence-corrected chi connectivity index (χ1v) is 12.3. The quantitative estimate of drug-likeness (QED) is 0.264. The van der Waals surface area contributed by atoms with Crippen molar-refractivity contribution in [2.24, 2.45) is 0 Å². The highest BCUT2D eigenvalue weighted by molar-refractivity contribution is 8.01. The number of carbonyl (C=O) groups is 1. The minimum atomic E-state index is -1.18. The maximum absolute atomic E-state index is 13.9. The lowest BCUT2D eigenvalue weighted by Gasteiger charge is -2.05. The van der Waals surface area contributed by atoms with Gasteiger partial charge < -0.3 is 5.11 Å². The number of thioether (sulfide) groups is 1. The zero-order chi connectivity index (χ0) is 23.9. The number of benzene rings is 2. The summed E-state index contributed by atoms with van der Waals surface area (Å²) in [6.07, 6.45) is 0. The number of aromatic carboxylic acids is 1. The highest BCUT2D eigenvalue weighted by atomic mass is 35.5. The van der Waals surface area contributed by atoms with Crippen molar-refractivity contribution in [2.45, 2.75) is 30.2 Å². The molecular weight excluding hydrogens is 504 g/mol. The Morgan fingerprint density at radius 2 is 1.91 bits per heavy atom. The summed E-state index contributed by atoms with van der Waals surface area (Å²) in [5, 5.41) is 16.0. The van der Waals surface area contributed by atoms with Gasteiger partial charge in [0.25, 0.3) is 0 Å². The third-order valence-electron chi connectivity index (χ3n) is 4.68. The number of hydrogen-bond acceptors (Lipinski definition) is 5. The molecule has 2 aromatic heterocycles. The first-order valence-electron chi connectivity index (χ1n) is 9.87. The molecule has 0 bridgehead atoms. The van der Waals surface area contributed by atoms with Crippen LogP contribution < -0.4 is 0 Å². The first kappa shape index (κ1) is 23.8. The SMILES string of the molecule is Cc1nn(-c2nc(-c3ccc(Cl)c(Cl)c3)c(SC(C)C)s2)c(C(=O)O)c1-c1cccc(F)c1. The third kappa shape index (κ3) is 4.80. The smallest absolute Gasteiger partial charge is 0.355 e. The van der Waals surface area contributed by atoms with E-state index in [4.69, 9.17) is 28.2 Å². The fourth-order valence-corrected chi connectivity index (χ4v) is 6.13. The molecule has 4 aromatic rings. The minimum absolute atomic E-state index is 0.0753. The van der Waals surface area contributed by atoms with Crippen molar-refractivity contribution in [3.63, 3.8) is 0 Å². The molecule has 0 aliphatic heterocycles. The van der Waals surface area contributed by atoms with Gasteiger partial charge in [-0.15, -0.1) is 11.8 Å². The predicted octanol–water partition coefficient (Wildman–Crippen LogP) is 7.62. The third-order valence-corrected chi connectivity index (χ3v) is 7.66. The molecule has 0 radical (unpaired) electrons. The van der Waals surface area contributed by atoms with E-state index >= 15 is 0 Å². The van der Waals surface area contributed by atoms with Gasteiger partial charge in [0.1, 0.15) is 5.82 Å². The van der Waals surface area contributed by atoms with E-state index in [0.717, 1.165) is 9.77 Å². The van der Waals surface area contributed by atoms with E-state index in [1.807, 2.05) is 6.07 Å². The Hall–Kier alpha value is -2.39. The fraction of sp³-hybridized carbons (Fsp3) is 0.174. The van der Waals surface area contributed by atoms with E-state index in [-0.39, 0.29) is 10.9 Å². The molecule has 0 saturated carbocycles. The molecule has 0 aliphatic rings. The molecule has 0 unspecified atom stereocenters. The number of aryl methyl sites for hydroxylation is 1. The van der Waals surface area contributed by atoms with Gasteiger partial charge in [-0.1, -0.05) is 66.6 Å². The fourth-order valence-electron chi connectivity index (χ4n) is 3.36. The molecule has 1 N–H and O–H groups in total. The van der Waals surface area contributed by atoms with E-state index < -0.39 is 11.8 Å². The van der Waals surface area contributed by atoms with Gasteiger partial charge in [0.15, 0.2) is 5.69 Å². The van der Waals surface area contributed by atoms with E-state index in [2.05, 4.69) is 18.9 Å². The second kappa shape index (κ2) is 9.46. The molecule has 170 valence electrons. The van der Waals surface area contributed by atoms with Crippen molar-refractivity contribution in [2.75, 3.05) is 0 Å². The summed E-state index contributed by atoms with van der Waals surface area (Å²) in [6, 6.07) is 11.1. The van der Waals surface area contributed by atoms with Crippen LogP contribution in [0, 0.1) is 12.7 Å². The second-order valence-electron chi connectivity index (χ2n) is 7.46. The summed E-state index contributed by atoms with van der Waals surface area (Å²) in [5.74, 6) is -1.64. The lowest BCUT2D eigenvalue weighted by atomic mass is 10.0. The van der Waals surface area contributed by atoms with Gasteiger partial charge >= 0.3 is 5.97 Å². The predicted molar refractivity (Wildman–Crippen MR) is 133 cm³/mol. The maximum Gasteiger partial charge on any atom is 0.355 e. The van der Waals surface area contributed by atoms with E-state index in [0.29, 0.717) is 37.7 Å². The molecule has 5 nitrogen and oxygen atoms in total. The van der Waals surface area contributed by atoms with E-state index in [9.17, 15) is 14.3 Å². The lowest BCUT2D eigenvalue weighted by molar-refractivity contribution is 0.0688. The second-order valence-corrected chi connectivity index (χ2v) is 11.1. The Bertz CT molecular complexity index is 1370. The van der Waals surface area contributed by atoms with Crippen molar-refractivity contribution in [1.82, 2.24) is 14.8 Å². The molecule has 33 heavy (non-hydrogen) atoms. The minimum Gasteiger partial charge on any atom is -0.476 e. The number of rotatable bonds is 6. The van der Waals surface area contributed by atoms with Gasteiger partial charge in [0.05, 0.1) is 25.6 Å². The standard InChI is InChI=1S/C23H18Cl2FN3O2S2/c1-11(2)32-22-19(14-7-8-16(24)17(25)10-14)27-23(33-22)29-20(21(30)31)18(12(3)28-29)13-5-4-6-15(26)9-13/h4-11H,1-3H3,(H,30,31). The largest absolute Gasteiger partial charge is 0.476 e. The molecular formula is C23H18Cl2FN3O2S2. The number of aromatic nitrogens is 3. The normalized spacial score (nSPS) is 11.4. The summed E-state index contributed by atoms with van der Waals surface area (Å²) in [4.78, 5) is 17.0. The Kier molecular flexibility index (Phi) is 6.81. The number of carboxylic acid groups (broad SMARTS) is 1. The number of nitrogens with zero attached hydrogens (tertiary/aromatic N) is 3. The number of halogens is 3. The Morgan fingerprint density at radius 1 is 1.15 bits per heavy atom. The Morgan fingerprint density at radius 3 is 2.55 bits per heavy atom. The van der Waals surface area contributed by atoms with E-state index in [1.165, 1.54) is 34.2 Å². The molecule has 2 aromatic carbocycles. The monoisotopic (exact) mass is 521 g/mol. The summed E-state index contributed by atoms with van der Waals surface area (Å²) in [6.45, 7) is 5.82. The van der Waals surface area contributed by atoms with Crippen LogP contribution >= 0.6 is 46.3 Å². The van der Waals surface area contributed by atoms with Crippen LogP contribution in [0.15, 0.2) is 46.7 Å². The first-order chi connectivity index (χ1) is 15.7. The number of hydrogen-bond donors (Lipinski definition) is 1. The Balaban J connectivity index is 1.92. The van der Waals surface area contributed by atoms with Gasteiger partial charge in [0.2, 0.25) is 5.13 Å². The van der Waals surface area contributed by atoms with Gasteiger partial charge in [-0.05, 0) is 36.8 Å². The molecule has 0 saturated heterocycles. The van der Waals surface area contributed by atoms with Crippen LogP contribution in [0.5, 0.6) is 0 Å². The van der Waals surface area contributed by atoms with Crippen LogP contribution in [-0.2, 0) is 0 Å². The van der Waals surface area contributed by atoms with Crippen LogP contribution in [-0.4, -0.2) is 31.1 Å². The molecule has 0 spiro atoms. The maximum atomic E-state index is 13.9. The van der Waals surface area contributed by atoms with E-state index in [1.54, 1.807) is 36.9 Å². The molecule has 0 aliphatic carbocycles. The van der Waals surface area contributed by atoms with Crippen LogP contribution in [0.2, 0.25) is 10.0 Å². The lowest BCUT2D eigenvalue weighted by Crippen LogP contribution is -2.09. The summed E-state index contributed by atoms with van der Waals surface area (Å²) < 4.78 is 16.1. The van der Waals surface area contributed by atoms with Crippen molar-refractivity contribution in [1.29, 1.82) is 0 Å². The van der Waals surface area contributed by atoms with Crippen molar-refractivity contribution in [3.05, 3.63) is 69.7 Å². The molecule has 0 atom stereocenters. The number of carboxylic acids is 1. The van der Waals surface area contributed by atoms with Gasteiger partial charge in [-0.25, -0.2) is 14.2 Å². The number of thiazole rings is 1. The van der Waals surface area contributed by atoms with Crippen LogP contribution in [0.25, 0.3) is 27.5 Å². The topological polar surface area (TPSA) is 68.0 Å². The molecule has 4 rings (SSSR count). The molecule has 2 heterocycles. The van der Waals surface area contributed by atoms with Crippen LogP contribution in [0.3, 0.4) is 0 Å². The Labute approximate surface area is 208 Å². The summed E-state index contributed by atoms with van der Waals surface area (Å²) in [5.41, 5.74) is 2.61. The van der Waals surface area contributed by atoms with Crippen molar-refractivity contribution < 1.29 is 14.3 Å². The molecule has 0 amide bonds. The van der Waals surface area contributed by atoms with Crippen LogP contribution in [0.1, 0.15) is 30.0 Å². The zero-order valence-corrected chi connectivity index (χ0v) is 20.9. The zero-order valence-electron chi connectivity index (χ0n) is 17.8. The highest BCUT2D eigenvalue weighted by Crippen LogP contribution is 2.42. The molecule has 0 fully saturated rings. The van der Waals surface area contributed by atoms with Crippen molar-refractivity contribution in [3.8, 4) is 27.5 Å². The molecule has 10 heteroatoms. The van der Waals surface area contributed by atoms with Crippen molar-refractivity contribution >= 4 is 52.3 Å². The summed E-state index contributed by atoms with van der Waals surface area (Å²) >= 11 is 15.3. The average molecular weight is 522 g/mol. The van der Waals surface area contributed by atoms with Crippen LogP contribution in [0.4, 0.5) is 4.39 Å². The van der Waals surface area contributed by atoms with Gasteiger partial charge in [0, 0.05) is 16.4 Å². The average Bonchev–Trinajstić information content (AvgIpc) is 3.30. The highest BCUT2D eigenvalue weighted by Gasteiger charge is 2.27. The van der Waals surface area contributed by atoms with Gasteiger partial charge in [-0.2, -0.15) is 9.78 Å². The summed E-state index contributed by atoms with van der Waals surface area (Å²) in [7, 11) is 0.